The first-order valence-corrected chi connectivity index (χ1v) is 11.2. The lowest BCUT2D eigenvalue weighted by Gasteiger charge is -2.10. The highest BCUT2D eigenvalue weighted by Gasteiger charge is 2.22. The van der Waals surface area contributed by atoms with Crippen molar-refractivity contribution in [2.75, 3.05) is 26.4 Å². The van der Waals surface area contributed by atoms with Crippen LogP contribution in [0.25, 0.3) is 0 Å². The third kappa shape index (κ3) is 6.17. The molecule has 168 valence electrons. The number of esters is 1. The molecule has 2 heterocycles. The minimum atomic E-state index is -0.308. The zero-order chi connectivity index (χ0) is 22.2. The first-order valence-electron chi connectivity index (χ1n) is 11.2. The molecular weight excluding hydrogens is 394 g/mol. The number of aryl methyl sites for hydroxylation is 4. The molecule has 0 radical (unpaired) electrons. The molecule has 31 heavy (non-hydrogen) atoms. The summed E-state index contributed by atoms with van der Waals surface area (Å²) in [5, 5.41) is 7.69. The van der Waals surface area contributed by atoms with Gasteiger partial charge in [-0.2, -0.15) is 5.10 Å². The summed E-state index contributed by atoms with van der Waals surface area (Å²) in [7, 11) is 0. The molecule has 7 heteroatoms. The molecule has 1 aliphatic rings. The zero-order valence-corrected chi connectivity index (χ0v) is 18.8. The smallest absolute Gasteiger partial charge is 0.338 e. The van der Waals surface area contributed by atoms with E-state index < -0.39 is 0 Å². The van der Waals surface area contributed by atoms with Crippen LogP contribution in [-0.4, -0.2) is 48.0 Å². The summed E-state index contributed by atoms with van der Waals surface area (Å²) in [5.41, 5.74) is 5.13. The monoisotopic (exact) mass is 427 g/mol. The standard InChI is InChI=1S/C24H33N3O4/c1-4-20-22-21(8-5-11-30-12-6-9-25-23(22)28)27(26-20)10-7-13-31-24(29)19-15-17(2)14-18(3)16-19/h14-16H,4-13H2,1-3H3,(H,25,28). The van der Waals surface area contributed by atoms with Crippen LogP contribution in [0, 0.1) is 13.8 Å². The number of nitrogens with one attached hydrogen (secondary N) is 1. The maximum atomic E-state index is 12.8. The van der Waals surface area contributed by atoms with Crippen LogP contribution in [-0.2, 0) is 28.9 Å². The van der Waals surface area contributed by atoms with Gasteiger partial charge < -0.3 is 14.8 Å². The topological polar surface area (TPSA) is 82.5 Å². The molecule has 0 bridgehead atoms. The summed E-state index contributed by atoms with van der Waals surface area (Å²) >= 11 is 0. The third-order valence-corrected chi connectivity index (χ3v) is 5.35. The fourth-order valence-electron chi connectivity index (χ4n) is 3.96. The normalized spacial score (nSPS) is 15.0. The van der Waals surface area contributed by atoms with Crippen LogP contribution in [0.4, 0.5) is 0 Å². The number of rotatable bonds is 6. The Balaban J connectivity index is 1.65. The van der Waals surface area contributed by atoms with Crippen LogP contribution >= 0.6 is 0 Å². The predicted octanol–water partition coefficient (Wildman–Crippen LogP) is 3.39. The van der Waals surface area contributed by atoms with E-state index in [4.69, 9.17) is 14.6 Å². The van der Waals surface area contributed by atoms with Gasteiger partial charge in [-0.3, -0.25) is 9.48 Å². The van der Waals surface area contributed by atoms with Gasteiger partial charge >= 0.3 is 5.97 Å². The Labute approximate surface area is 184 Å². The van der Waals surface area contributed by atoms with Crippen LogP contribution in [0.15, 0.2) is 18.2 Å². The van der Waals surface area contributed by atoms with Gasteiger partial charge in [0, 0.05) is 32.7 Å². The minimum Gasteiger partial charge on any atom is -0.462 e. The van der Waals surface area contributed by atoms with Crippen LogP contribution in [0.1, 0.15) is 69.4 Å². The van der Waals surface area contributed by atoms with E-state index in [1.807, 2.05) is 43.7 Å². The van der Waals surface area contributed by atoms with Crippen LogP contribution < -0.4 is 5.32 Å². The summed E-state index contributed by atoms with van der Waals surface area (Å²) in [6, 6.07) is 5.71. The van der Waals surface area contributed by atoms with Crippen molar-refractivity contribution in [1.29, 1.82) is 0 Å². The molecule has 0 fully saturated rings. The third-order valence-electron chi connectivity index (χ3n) is 5.35. The number of aromatic nitrogens is 2. The number of amides is 1. The van der Waals surface area contributed by atoms with Gasteiger partial charge in [-0.05, 0) is 51.7 Å². The van der Waals surface area contributed by atoms with E-state index >= 15 is 0 Å². The quantitative estimate of drug-likeness (QED) is 0.564. The fraction of sp³-hybridized carbons (Fsp3) is 0.542. The molecule has 0 atom stereocenters. The first kappa shape index (κ1) is 23.0. The number of nitrogens with zero attached hydrogens (tertiary/aromatic N) is 2. The minimum absolute atomic E-state index is 0.0544. The predicted molar refractivity (Wildman–Crippen MR) is 119 cm³/mol. The molecule has 0 aliphatic carbocycles. The molecule has 1 aromatic carbocycles. The molecule has 0 unspecified atom stereocenters. The molecule has 0 saturated carbocycles. The van der Waals surface area contributed by atoms with Crippen LogP contribution in [0.5, 0.6) is 0 Å². The van der Waals surface area contributed by atoms with Crippen molar-refractivity contribution in [2.45, 2.75) is 59.4 Å². The van der Waals surface area contributed by atoms with Gasteiger partial charge in [0.2, 0.25) is 0 Å². The highest BCUT2D eigenvalue weighted by atomic mass is 16.5. The number of hydrogen-bond acceptors (Lipinski definition) is 5. The summed E-state index contributed by atoms with van der Waals surface area (Å²) in [6.07, 6.45) is 3.71. The van der Waals surface area contributed by atoms with E-state index in [0.717, 1.165) is 41.8 Å². The van der Waals surface area contributed by atoms with E-state index in [-0.39, 0.29) is 11.9 Å². The Morgan fingerprint density at radius 2 is 1.94 bits per heavy atom. The van der Waals surface area contributed by atoms with Gasteiger partial charge in [-0.1, -0.05) is 24.1 Å². The summed E-state index contributed by atoms with van der Waals surface area (Å²) in [4.78, 5) is 25.1. The van der Waals surface area contributed by atoms with E-state index in [2.05, 4.69) is 5.32 Å². The molecule has 1 amide bonds. The largest absolute Gasteiger partial charge is 0.462 e. The van der Waals surface area contributed by atoms with Crippen molar-refractivity contribution in [1.82, 2.24) is 15.1 Å². The van der Waals surface area contributed by atoms with Crippen molar-refractivity contribution in [2.24, 2.45) is 0 Å². The Morgan fingerprint density at radius 3 is 2.68 bits per heavy atom. The van der Waals surface area contributed by atoms with Gasteiger partial charge in [0.1, 0.15) is 0 Å². The average Bonchev–Trinajstić information content (AvgIpc) is 3.07. The lowest BCUT2D eigenvalue weighted by Crippen LogP contribution is -2.26. The van der Waals surface area contributed by atoms with Crippen molar-refractivity contribution in [3.05, 3.63) is 51.8 Å². The second-order valence-corrected chi connectivity index (χ2v) is 8.04. The molecule has 0 saturated heterocycles. The molecule has 1 aromatic heterocycles. The number of benzene rings is 1. The van der Waals surface area contributed by atoms with Crippen LogP contribution in [0.2, 0.25) is 0 Å². The Kier molecular flexibility index (Phi) is 8.23. The maximum absolute atomic E-state index is 12.8. The Morgan fingerprint density at radius 1 is 1.19 bits per heavy atom. The first-order chi connectivity index (χ1) is 15.0. The van der Waals surface area contributed by atoms with Crippen molar-refractivity contribution in [3.63, 3.8) is 0 Å². The summed E-state index contributed by atoms with van der Waals surface area (Å²) < 4.78 is 13.0. The lowest BCUT2D eigenvalue weighted by atomic mass is 10.1. The molecular formula is C24H33N3O4. The van der Waals surface area contributed by atoms with Crippen LogP contribution in [0.3, 0.4) is 0 Å². The maximum Gasteiger partial charge on any atom is 0.338 e. The fourth-order valence-corrected chi connectivity index (χ4v) is 3.96. The Hall–Kier alpha value is -2.67. The molecule has 2 aromatic rings. The van der Waals surface area contributed by atoms with Crippen molar-refractivity contribution in [3.8, 4) is 0 Å². The molecule has 7 nitrogen and oxygen atoms in total. The molecule has 1 N–H and O–H groups in total. The second-order valence-electron chi connectivity index (χ2n) is 8.04. The number of carbonyl (C=O) groups excluding carboxylic acids is 2. The van der Waals surface area contributed by atoms with Crippen molar-refractivity contribution >= 4 is 11.9 Å². The molecule has 1 aliphatic heterocycles. The van der Waals surface area contributed by atoms with Gasteiger partial charge in [-0.25, -0.2) is 4.79 Å². The van der Waals surface area contributed by atoms with Gasteiger partial charge in [-0.15, -0.1) is 0 Å². The van der Waals surface area contributed by atoms with E-state index in [9.17, 15) is 9.59 Å². The average molecular weight is 428 g/mol. The lowest BCUT2D eigenvalue weighted by molar-refractivity contribution is 0.0494. The molecule has 0 spiro atoms. The van der Waals surface area contributed by atoms with E-state index in [1.54, 1.807) is 0 Å². The van der Waals surface area contributed by atoms with Gasteiger partial charge in [0.15, 0.2) is 0 Å². The highest BCUT2D eigenvalue weighted by Crippen LogP contribution is 2.19. The number of ether oxygens (including phenoxy) is 2. The Bertz CT molecular complexity index is 900. The van der Waals surface area contributed by atoms with E-state index in [1.165, 1.54) is 0 Å². The number of carbonyl (C=O) groups is 2. The van der Waals surface area contributed by atoms with Gasteiger partial charge in [0.25, 0.3) is 5.91 Å². The zero-order valence-electron chi connectivity index (χ0n) is 18.8. The van der Waals surface area contributed by atoms with Crippen molar-refractivity contribution < 1.29 is 19.1 Å². The number of fused-ring (bicyclic) bond motifs is 1. The SMILES string of the molecule is CCc1nn(CCCOC(=O)c2cc(C)cc(C)c2)c2c1C(=O)NCCCOCCC2. The van der Waals surface area contributed by atoms with E-state index in [0.29, 0.717) is 56.9 Å². The molecule has 3 rings (SSSR count). The number of hydrogen-bond donors (Lipinski definition) is 1. The second kappa shape index (κ2) is 11.1. The summed E-state index contributed by atoms with van der Waals surface area (Å²) in [5.74, 6) is -0.362. The highest BCUT2D eigenvalue weighted by molar-refractivity contribution is 5.96. The van der Waals surface area contributed by atoms with Gasteiger partial charge in [0.05, 0.1) is 29.1 Å². The summed E-state index contributed by atoms with van der Waals surface area (Å²) in [6.45, 7) is 8.78.